The maximum atomic E-state index is 12.5. The molecule has 2 atom stereocenters. The fraction of sp³-hybridized carbons (Fsp3) is 0.529. The Bertz CT molecular complexity index is 566. The normalized spacial score (nSPS) is 24.1. The van der Waals surface area contributed by atoms with Crippen molar-refractivity contribution in [1.29, 1.82) is 0 Å². The van der Waals surface area contributed by atoms with Crippen LogP contribution in [0.2, 0.25) is 0 Å². The summed E-state index contributed by atoms with van der Waals surface area (Å²) in [6.07, 6.45) is 3.63. The van der Waals surface area contributed by atoms with Gasteiger partial charge in [0.1, 0.15) is 6.04 Å². The molecule has 0 aliphatic carbocycles. The lowest BCUT2D eigenvalue weighted by Gasteiger charge is -2.34. The van der Waals surface area contributed by atoms with E-state index in [9.17, 15) is 14.7 Å². The number of carbonyl (C=O) groups excluding carboxylic acids is 1. The summed E-state index contributed by atoms with van der Waals surface area (Å²) in [5, 5.41) is 9.44. The fourth-order valence-corrected chi connectivity index (χ4v) is 3.31. The summed E-state index contributed by atoms with van der Waals surface area (Å²) in [4.78, 5) is 25.5. The average Bonchev–Trinajstić information content (AvgIpc) is 3.04. The van der Waals surface area contributed by atoms with Crippen LogP contribution in [0, 0.1) is 0 Å². The lowest BCUT2D eigenvalue weighted by molar-refractivity contribution is -0.151. The second-order valence-corrected chi connectivity index (χ2v) is 6.02. The molecule has 5 heteroatoms. The third-order valence-corrected chi connectivity index (χ3v) is 4.56. The second kappa shape index (κ2) is 6.48. The largest absolute Gasteiger partial charge is 0.480 e. The molecule has 0 radical (unpaired) electrons. The van der Waals surface area contributed by atoms with E-state index in [-0.39, 0.29) is 12.0 Å². The van der Waals surface area contributed by atoms with Gasteiger partial charge in [-0.1, -0.05) is 24.3 Å². The molecule has 118 valence electrons. The van der Waals surface area contributed by atoms with Crippen molar-refractivity contribution < 1.29 is 19.4 Å². The van der Waals surface area contributed by atoms with Gasteiger partial charge in [-0.25, -0.2) is 4.79 Å². The number of nitrogens with zero attached hydrogens (tertiary/aromatic N) is 1. The van der Waals surface area contributed by atoms with Crippen LogP contribution in [0.25, 0.3) is 0 Å². The Morgan fingerprint density at radius 2 is 2.05 bits per heavy atom. The summed E-state index contributed by atoms with van der Waals surface area (Å²) >= 11 is 0. The third-order valence-electron chi connectivity index (χ3n) is 4.56. The number of benzene rings is 1. The van der Waals surface area contributed by atoms with Crippen molar-refractivity contribution in [3.63, 3.8) is 0 Å². The lowest BCUT2D eigenvalue weighted by Crippen LogP contribution is -2.48. The van der Waals surface area contributed by atoms with Gasteiger partial charge in [-0.15, -0.1) is 0 Å². The highest BCUT2D eigenvalue weighted by Crippen LogP contribution is 2.25. The molecule has 1 fully saturated rings. The van der Waals surface area contributed by atoms with Crippen molar-refractivity contribution in [2.45, 2.75) is 50.8 Å². The molecule has 2 aliphatic rings. The fourth-order valence-electron chi connectivity index (χ4n) is 3.31. The molecule has 0 bridgehead atoms. The van der Waals surface area contributed by atoms with Gasteiger partial charge in [0.15, 0.2) is 0 Å². The number of carboxylic acids is 1. The zero-order valence-corrected chi connectivity index (χ0v) is 12.5. The molecule has 0 saturated carbocycles. The smallest absolute Gasteiger partial charge is 0.326 e. The molecule has 2 aliphatic heterocycles. The molecule has 2 heterocycles. The Kier molecular flexibility index (Phi) is 4.43. The zero-order valence-electron chi connectivity index (χ0n) is 12.5. The maximum absolute atomic E-state index is 12.5. The predicted octanol–water partition coefficient (Wildman–Crippen LogP) is 1.98. The molecule has 1 aromatic carbocycles. The van der Waals surface area contributed by atoms with E-state index in [1.807, 2.05) is 24.3 Å². The van der Waals surface area contributed by atoms with Crippen LogP contribution in [0.1, 0.15) is 36.8 Å². The van der Waals surface area contributed by atoms with E-state index >= 15 is 0 Å². The van der Waals surface area contributed by atoms with Gasteiger partial charge in [-0.3, -0.25) is 4.79 Å². The number of rotatable bonds is 4. The van der Waals surface area contributed by atoms with Gasteiger partial charge in [0.2, 0.25) is 5.91 Å². The summed E-state index contributed by atoms with van der Waals surface area (Å²) in [6.45, 7) is 1.16. The van der Waals surface area contributed by atoms with Gasteiger partial charge in [0.25, 0.3) is 0 Å². The Balaban J connectivity index is 1.69. The third kappa shape index (κ3) is 3.14. The van der Waals surface area contributed by atoms with Gasteiger partial charge in [-0.05, 0) is 30.4 Å². The SMILES string of the molecule is O=C(O)[C@H]1Cc2ccccc2CN1C(=O)CC[C@H]1CCCO1. The second-order valence-electron chi connectivity index (χ2n) is 6.02. The highest BCUT2D eigenvalue weighted by molar-refractivity contribution is 5.84. The molecule has 0 spiro atoms. The van der Waals surface area contributed by atoms with Crippen LogP contribution >= 0.6 is 0 Å². The highest BCUT2D eigenvalue weighted by Gasteiger charge is 2.34. The summed E-state index contributed by atoms with van der Waals surface area (Å²) in [6, 6.07) is 6.99. The quantitative estimate of drug-likeness (QED) is 0.923. The van der Waals surface area contributed by atoms with E-state index in [2.05, 4.69) is 0 Å². The molecule has 22 heavy (non-hydrogen) atoms. The van der Waals surface area contributed by atoms with Crippen LogP contribution in [0.4, 0.5) is 0 Å². The molecule has 3 rings (SSSR count). The van der Waals surface area contributed by atoms with Crippen LogP contribution in [-0.2, 0) is 27.3 Å². The summed E-state index contributed by atoms with van der Waals surface area (Å²) in [7, 11) is 0. The van der Waals surface area contributed by atoms with Gasteiger partial charge in [0.05, 0.1) is 6.10 Å². The Labute approximate surface area is 129 Å². The van der Waals surface area contributed by atoms with Gasteiger partial charge >= 0.3 is 5.97 Å². The summed E-state index contributed by atoms with van der Waals surface area (Å²) in [5.41, 5.74) is 2.07. The monoisotopic (exact) mass is 303 g/mol. The first-order valence-electron chi connectivity index (χ1n) is 7.86. The molecular weight excluding hydrogens is 282 g/mol. The Morgan fingerprint density at radius 3 is 2.73 bits per heavy atom. The number of carbonyl (C=O) groups is 2. The first kappa shape index (κ1) is 15.0. The van der Waals surface area contributed by atoms with Crippen LogP contribution in [0.5, 0.6) is 0 Å². The number of amides is 1. The molecule has 5 nitrogen and oxygen atoms in total. The first-order chi connectivity index (χ1) is 10.6. The Morgan fingerprint density at radius 1 is 1.27 bits per heavy atom. The van der Waals surface area contributed by atoms with Gasteiger partial charge in [0, 0.05) is 26.0 Å². The van der Waals surface area contributed by atoms with Crippen LogP contribution < -0.4 is 0 Å². The van der Waals surface area contributed by atoms with Crippen molar-refractivity contribution in [2.24, 2.45) is 0 Å². The average molecular weight is 303 g/mol. The van der Waals surface area contributed by atoms with Crippen LogP contribution in [0.3, 0.4) is 0 Å². The topological polar surface area (TPSA) is 66.8 Å². The minimum atomic E-state index is -0.931. The molecule has 0 aromatic heterocycles. The molecule has 1 amide bonds. The van der Waals surface area contributed by atoms with E-state index in [1.54, 1.807) is 0 Å². The van der Waals surface area contributed by atoms with E-state index in [1.165, 1.54) is 4.90 Å². The molecule has 1 saturated heterocycles. The summed E-state index contributed by atoms with van der Waals surface area (Å²) < 4.78 is 5.53. The van der Waals surface area contributed by atoms with Crippen molar-refractivity contribution in [3.8, 4) is 0 Å². The van der Waals surface area contributed by atoms with E-state index in [0.717, 1.165) is 30.6 Å². The maximum Gasteiger partial charge on any atom is 0.326 e. The van der Waals surface area contributed by atoms with E-state index < -0.39 is 12.0 Å². The van der Waals surface area contributed by atoms with Crippen LogP contribution in [-0.4, -0.2) is 40.6 Å². The molecule has 1 aromatic rings. The minimum Gasteiger partial charge on any atom is -0.480 e. The van der Waals surface area contributed by atoms with Gasteiger partial charge in [-0.2, -0.15) is 0 Å². The van der Waals surface area contributed by atoms with Crippen molar-refractivity contribution >= 4 is 11.9 Å². The standard InChI is InChI=1S/C17H21NO4/c19-16(8-7-14-6-3-9-22-14)18-11-13-5-2-1-4-12(13)10-15(18)17(20)21/h1-2,4-5,14-15H,3,6-11H2,(H,20,21)/t14-,15-/m1/s1. The van der Waals surface area contributed by atoms with Crippen LogP contribution in [0.15, 0.2) is 24.3 Å². The van der Waals surface area contributed by atoms with E-state index in [4.69, 9.17) is 4.74 Å². The molecule has 1 N–H and O–H groups in total. The predicted molar refractivity (Wildman–Crippen MR) is 80.3 cm³/mol. The number of hydrogen-bond donors (Lipinski definition) is 1. The van der Waals surface area contributed by atoms with Crippen molar-refractivity contribution in [1.82, 2.24) is 4.90 Å². The Hall–Kier alpha value is -1.88. The van der Waals surface area contributed by atoms with Crippen molar-refractivity contribution in [2.75, 3.05) is 6.61 Å². The summed E-state index contributed by atoms with van der Waals surface area (Å²) in [5.74, 6) is -1.02. The van der Waals surface area contributed by atoms with Crippen molar-refractivity contribution in [3.05, 3.63) is 35.4 Å². The number of carboxylic acid groups (broad SMARTS) is 1. The number of aliphatic carboxylic acids is 1. The number of fused-ring (bicyclic) bond motifs is 1. The number of hydrogen-bond acceptors (Lipinski definition) is 3. The highest BCUT2D eigenvalue weighted by atomic mass is 16.5. The lowest BCUT2D eigenvalue weighted by atomic mass is 9.93. The minimum absolute atomic E-state index is 0.0857. The molecule has 0 unspecified atom stereocenters. The zero-order chi connectivity index (χ0) is 15.5. The first-order valence-corrected chi connectivity index (χ1v) is 7.86. The molecular formula is C17H21NO4. The number of ether oxygens (including phenoxy) is 1. The van der Waals surface area contributed by atoms with Gasteiger partial charge < -0.3 is 14.7 Å². The van der Waals surface area contributed by atoms with E-state index in [0.29, 0.717) is 25.8 Å².